The molecule has 0 amide bonds. The Morgan fingerprint density at radius 2 is 2.29 bits per heavy atom. The summed E-state index contributed by atoms with van der Waals surface area (Å²) in [5.41, 5.74) is 0.992. The average molecular weight is 292 g/mol. The van der Waals surface area contributed by atoms with Crippen molar-refractivity contribution in [3.8, 4) is 0 Å². The van der Waals surface area contributed by atoms with Crippen LogP contribution in [0.15, 0.2) is 24.4 Å². The molecule has 1 fully saturated rings. The van der Waals surface area contributed by atoms with Crippen molar-refractivity contribution < 1.29 is 9.84 Å². The number of nitrogens with zero attached hydrogens (tertiary/aromatic N) is 1. The highest BCUT2D eigenvalue weighted by atomic mass is 16.5. The zero-order valence-electron chi connectivity index (χ0n) is 13.2. The molecule has 0 radical (unpaired) electrons. The fourth-order valence-electron chi connectivity index (χ4n) is 2.89. The Hall–Kier alpha value is -0.970. The molecule has 0 aliphatic heterocycles. The molecule has 0 bridgehead atoms. The van der Waals surface area contributed by atoms with Crippen LogP contribution >= 0.6 is 0 Å². The highest BCUT2D eigenvalue weighted by Gasteiger charge is 2.20. The molecule has 1 aromatic heterocycles. The first kappa shape index (κ1) is 16.4. The molecule has 21 heavy (non-hydrogen) atoms. The van der Waals surface area contributed by atoms with Gasteiger partial charge in [-0.3, -0.25) is 4.98 Å². The molecule has 0 aromatic carbocycles. The Morgan fingerprint density at radius 3 is 3.00 bits per heavy atom. The van der Waals surface area contributed by atoms with Gasteiger partial charge in [0.15, 0.2) is 0 Å². The summed E-state index contributed by atoms with van der Waals surface area (Å²) in [6.07, 6.45) is 6.48. The number of aliphatic hydroxyl groups excluding tert-OH is 1. The standard InChI is InChI=1S/C17H28N2O2/c1-13-6-5-7-16(10-13)21-12-15(20)11-19-14(2)17-8-3-4-9-18-17/h3-4,8-9,13-16,19-20H,5-7,10-12H2,1-2H3/t13?,14-,15?,16?/m0/s1. The Kier molecular flexibility index (Phi) is 6.61. The number of pyridine rings is 1. The maximum absolute atomic E-state index is 10.0. The van der Waals surface area contributed by atoms with Crippen molar-refractivity contribution in [3.05, 3.63) is 30.1 Å². The fourth-order valence-corrected chi connectivity index (χ4v) is 2.89. The van der Waals surface area contributed by atoms with Crippen molar-refractivity contribution in [2.75, 3.05) is 13.2 Å². The summed E-state index contributed by atoms with van der Waals surface area (Å²) in [7, 11) is 0. The lowest BCUT2D eigenvalue weighted by molar-refractivity contribution is -0.0311. The topological polar surface area (TPSA) is 54.4 Å². The normalized spacial score (nSPS) is 25.5. The van der Waals surface area contributed by atoms with Crippen LogP contribution in [0.2, 0.25) is 0 Å². The van der Waals surface area contributed by atoms with Crippen LogP contribution < -0.4 is 5.32 Å². The summed E-state index contributed by atoms with van der Waals surface area (Å²) >= 11 is 0. The molecule has 1 aliphatic carbocycles. The molecule has 2 N–H and O–H groups in total. The van der Waals surface area contributed by atoms with Crippen molar-refractivity contribution in [2.24, 2.45) is 5.92 Å². The van der Waals surface area contributed by atoms with E-state index in [1.165, 1.54) is 12.8 Å². The molecule has 3 unspecified atom stereocenters. The van der Waals surface area contributed by atoms with Crippen LogP contribution in [0, 0.1) is 5.92 Å². The minimum atomic E-state index is -0.464. The van der Waals surface area contributed by atoms with Crippen LogP contribution in [0.4, 0.5) is 0 Å². The zero-order valence-corrected chi connectivity index (χ0v) is 13.2. The number of aliphatic hydroxyl groups is 1. The van der Waals surface area contributed by atoms with Crippen molar-refractivity contribution >= 4 is 0 Å². The van der Waals surface area contributed by atoms with E-state index < -0.39 is 6.10 Å². The molecule has 4 nitrogen and oxygen atoms in total. The average Bonchev–Trinajstić information content (AvgIpc) is 2.51. The van der Waals surface area contributed by atoms with E-state index in [1.807, 2.05) is 18.2 Å². The zero-order chi connectivity index (χ0) is 15.1. The van der Waals surface area contributed by atoms with Crippen molar-refractivity contribution in [3.63, 3.8) is 0 Å². The minimum Gasteiger partial charge on any atom is -0.389 e. The fraction of sp³-hybridized carbons (Fsp3) is 0.706. The van der Waals surface area contributed by atoms with Gasteiger partial charge in [0, 0.05) is 18.8 Å². The Bertz CT molecular complexity index is 399. The first-order valence-corrected chi connectivity index (χ1v) is 8.09. The lowest BCUT2D eigenvalue weighted by atomic mass is 9.89. The number of ether oxygens (including phenoxy) is 1. The second-order valence-corrected chi connectivity index (χ2v) is 6.27. The van der Waals surface area contributed by atoms with E-state index in [9.17, 15) is 5.11 Å². The maximum Gasteiger partial charge on any atom is 0.0898 e. The molecule has 4 atom stereocenters. The van der Waals surface area contributed by atoms with E-state index in [-0.39, 0.29) is 6.04 Å². The SMILES string of the molecule is CC1CCCC(OCC(O)CN[C@@H](C)c2ccccn2)C1. The first-order chi connectivity index (χ1) is 10.1. The van der Waals surface area contributed by atoms with Gasteiger partial charge in [0.1, 0.15) is 0 Å². The molecule has 2 rings (SSSR count). The maximum atomic E-state index is 10.0. The molecule has 1 saturated carbocycles. The van der Waals surface area contributed by atoms with Crippen LogP contribution in [0.25, 0.3) is 0 Å². The Morgan fingerprint density at radius 1 is 1.43 bits per heavy atom. The quantitative estimate of drug-likeness (QED) is 0.811. The molecule has 0 saturated heterocycles. The summed E-state index contributed by atoms with van der Waals surface area (Å²) in [6.45, 7) is 5.28. The largest absolute Gasteiger partial charge is 0.389 e. The second kappa shape index (κ2) is 8.47. The number of nitrogens with one attached hydrogen (secondary N) is 1. The highest BCUT2D eigenvalue weighted by molar-refractivity contribution is 5.07. The van der Waals surface area contributed by atoms with E-state index >= 15 is 0 Å². The van der Waals surface area contributed by atoms with Crippen LogP contribution in [0.3, 0.4) is 0 Å². The second-order valence-electron chi connectivity index (χ2n) is 6.27. The summed E-state index contributed by atoms with van der Waals surface area (Å²) in [5, 5.41) is 13.3. The van der Waals surface area contributed by atoms with E-state index in [1.54, 1.807) is 6.20 Å². The third kappa shape index (κ3) is 5.73. The Balaban J connectivity index is 1.64. The molecule has 0 spiro atoms. The van der Waals surface area contributed by atoms with Gasteiger partial charge in [-0.05, 0) is 37.8 Å². The third-order valence-electron chi connectivity index (χ3n) is 4.20. The first-order valence-electron chi connectivity index (χ1n) is 8.09. The van der Waals surface area contributed by atoms with Gasteiger partial charge in [-0.1, -0.05) is 25.8 Å². The summed E-state index contributed by atoms with van der Waals surface area (Å²) in [4.78, 5) is 4.31. The van der Waals surface area contributed by atoms with Crippen molar-refractivity contribution in [1.29, 1.82) is 0 Å². The van der Waals surface area contributed by atoms with Gasteiger partial charge in [-0.15, -0.1) is 0 Å². The van der Waals surface area contributed by atoms with Gasteiger partial charge in [0.2, 0.25) is 0 Å². The number of aromatic nitrogens is 1. The lowest BCUT2D eigenvalue weighted by Gasteiger charge is -2.27. The van der Waals surface area contributed by atoms with Gasteiger partial charge in [0.05, 0.1) is 24.5 Å². The monoisotopic (exact) mass is 292 g/mol. The Labute approximate surface area is 127 Å². The highest BCUT2D eigenvalue weighted by Crippen LogP contribution is 2.25. The van der Waals surface area contributed by atoms with Crippen LogP contribution in [0.1, 0.15) is 51.3 Å². The van der Waals surface area contributed by atoms with Gasteiger partial charge in [0.25, 0.3) is 0 Å². The smallest absolute Gasteiger partial charge is 0.0898 e. The van der Waals surface area contributed by atoms with Crippen molar-refractivity contribution in [2.45, 2.75) is 57.8 Å². The van der Waals surface area contributed by atoms with E-state index in [2.05, 4.69) is 24.1 Å². The molecular weight excluding hydrogens is 264 g/mol. The van der Waals surface area contributed by atoms with Crippen molar-refractivity contribution in [1.82, 2.24) is 10.3 Å². The van der Waals surface area contributed by atoms with Crippen LogP contribution in [-0.2, 0) is 4.74 Å². The van der Waals surface area contributed by atoms with E-state index in [0.29, 0.717) is 19.3 Å². The van der Waals surface area contributed by atoms with E-state index in [4.69, 9.17) is 4.74 Å². The number of hydrogen-bond acceptors (Lipinski definition) is 4. The predicted molar refractivity (Wildman–Crippen MR) is 84.0 cm³/mol. The minimum absolute atomic E-state index is 0.135. The summed E-state index contributed by atoms with van der Waals surface area (Å²) in [6, 6.07) is 6.01. The predicted octanol–water partition coefficient (Wildman–Crippen LogP) is 2.69. The molecule has 1 aliphatic rings. The number of rotatable bonds is 7. The summed E-state index contributed by atoms with van der Waals surface area (Å²) < 4.78 is 5.85. The molecule has 118 valence electrons. The van der Waals surface area contributed by atoms with Crippen LogP contribution in [0.5, 0.6) is 0 Å². The number of hydrogen-bond donors (Lipinski definition) is 2. The third-order valence-corrected chi connectivity index (χ3v) is 4.20. The molecule has 1 heterocycles. The molecular formula is C17H28N2O2. The molecule has 4 heteroatoms. The van der Waals surface area contributed by atoms with Gasteiger partial charge in [-0.2, -0.15) is 0 Å². The van der Waals surface area contributed by atoms with Crippen LogP contribution in [-0.4, -0.2) is 35.5 Å². The van der Waals surface area contributed by atoms with Gasteiger partial charge >= 0.3 is 0 Å². The van der Waals surface area contributed by atoms with E-state index in [0.717, 1.165) is 24.5 Å². The summed E-state index contributed by atoms with van der Waals surface area (Å²) in [5.74, 6) is 0.753. The molecule has 1 aromatic rings. The lowest BCUT2D eigenvalue weighted by Crippen LogP contribution is -2.34. The van der Waals surface area contributed by atoms with Gasteiger partial charge in [-0.25, -0.2) is 0 Å². The van der Waals surface area contributed by atoms with Gasteiger partial charge < -0.3 is 15.2 Å².